The molecule has 130 valence electrons. The number of aromatic nitrogens is 5. The number of methoxy groups -OCH3 is 1. The number of esters is 1. The summed E-state index contributed by atoms with van der Waals surface area (Å²) >= 11 is 0. The van der Waals surface area contributed by atoms with Crippen LogP contribution in [0, 0.1) is 6.92 Å². The minimum Gasteiger partial charge on any atom is -0.465 e. The molecule has 0 bridgehead atoms. The largest absolute Gasteiger partial charge is 0.465 e. The Morgan fingerprint density at radius 3 is 2.88 bits per heavy atom. The van der Waals surface area contributed by atoms with E-state index in [-0.39, 0.29) is 41.7 Å². The Morgan fingerprint density at radius 1 is 1.40 bits per heavy atom. The van der Waals surface area contributed by atoms with Gasteiger partial charge in [0.05, 0.1) is 19.2 Å². The molecule has 1 aromatic heterocycles. The van der Waals surface area contributed by atoms with Gasteiger partial charge in [0.25, 0.3) is 5.56 Å². The van der Waals surface area contributed by atoms with Crippen LogP contribution in [0.4, 0.5) is 0 Å². The molecule has 0 atom stereocenters. The summed E-state index contributed by atoms with van der Waals surface area (Å²) in [5, 5.41) is 12.3. The number of amides is 1. The first-order valence-electron chi connectivity index (χ1n) is 7.20. The zero-order valence-electron chi connectivity index (χ0n) is 13.4. The Bertz CT molecular complexity index is 955. The highest BCUT2D eigenvalue weighted by Crippen LogP contribution is 2.20. The highest BCUT2D eigenvalue weighted by Gasteiger charge is 2.22. The molecule has 1 aromatic rings. The number of pyridine rings is 1. The van der Waals surface area contributed by atoms with Gasteiger partial charge in [-0.15, -0.1) is 0 Å². The first-order valence-corrected chi connectivity index (χ1v) is 7.20. The lowest BCUT2D eigenvalue weighted by Gasteiger charge is -2.11. The molecular formula is C14H14N6O5. The van der Waals surface area contributed by atoms with E-state index in [4.69, 9.17) is 4.52 Å². The summed E-state index contributed by atoms with van der Waals surface area (Å²) in [6, 6.07) is 0. The number of nitrogens with one attached hydrogen (secondary N) is 2. The molecule has 0 saturated heterocycles. The molecule has 0 unspecified atom stereocenters. The Labute approximate surface area is 140 Å². The molecule has 0 spiro atoms. The summed E-state index contributed by atoms with van der Waals surface area (Å²) in [7, 11) is 1.22. The monoisotopic (exact) mass is 346 g/mol. The van der Waals surface area contributed by atoms with E-state index in [0.29, 0.717) is 5.82 Å². The zero-order chi connectivity index (χ0) is 18.0. The summed E-state index contributed by atoms with van der Waals surface area (Å²) in [5.41, 5.74) is -0.00649. The number of aromatic amines is 1. The fourth-order valence-corrected chi connectivity index (χ4v) is 2.25. The first kappa shape index (κ1) is 16.4. The molecular weight excluding hydrogens is 332 g/mol. The Balaban J connectivity index is 1.79. The van der Waals surface area contributed by atoms with Crippen molar-refractivity contribution in [1.82, 2.24) is 30.2 Å². The minimum absolute atomic E-state index is 0.0743. The molecule has 11 heteroatoms. The summed E-state index contributed by atoms with van der Waals surface area (Å²) in [6.45, 7) is 1.61. The maximum Gasteiger partial charge on any atom is 0.341 e. The maximum absolute atomic E-state index is 12.1. The van der Waals surface area contributed by atoms with Crippen LogP contribution >= 0.6 is 0 Å². The second-order valence-electron chi connectivity index (χ2n) is 5.16. The lowest BCUT2D eigenvalue weighted by Crippen LogP contribution is -2.27. The number of carbonyl (C=O) groups is 2. The third-order valence-corrected chi connectivity index (χ3v) is 3.35. The molecule has 2 aliphatic heterocycles. The Hall–Kier alpha value is -3.50. The molecule has 0 fully saturated rings. The van der Waals surface area contributed by atoms with Crippen LogP contribution in [0.5, 0.6) is 0 Å². The standard InChI is InChI=1S/C14H14N6O5/c1-7-16-11(25-19-7)3-15-10(21)6-20-4-8-12(17-18-13(8)22)9(5-20)14(23)24-2/h4-5H,3,6H2,1-2H3,(H,15,21)(H,18,22). The molecule has 2 aliphatic rings. The molecule has 0 saturated carbocycles. The number of aryl methyl sites for hydroxylation is 1. The van der Waals surface area contributed by atoms with Crippen molar-refractivity contribution in [1.29, 1.82) is 0 Å². The molecule has 1 amide bonds. The normalized spacial score (nSPS) is 10.8. The number of H-pyrrole nitrogens is 1. The third-order valence-electron chi connectivity index (χ3n) is 3.35. The SMILES string of the molecule is COC(=O)c1cn(CC(=O)NCc2nc(C)no2)cc2c(=O)[nH]nc1-2. The number of ether oxygens (including phenoxy) is 1. The fraction of sp³-hybridized carbons (Fsp3) is 0.286. The molecule has 0 radical (unpaired) electrons. The fourth-order valence-electron chi connectivity index (χ4n) is 2.25. The predicted octanol–water partition coefficient (Wildman–Crippen LogP) is -0.529. The Kier molecular flexibility index (Phi) is 4.29. The number of nitrogens with zero attached hydrogens (tertiary/aromatic N) is 4. The highest BCUT2D eigenvalue weighted by atomic mass is 16.5. The van der Waals surface area contributed by atoms with Crippen molar-refractivity contribution in [2.75, 3.05) is 7.11 Å². The summed E-state index contributed by atoms with van der Waals surface area (Å²) in [4.78, 5) is 39.7. The van der Waals surface area contributed by atoms with Gasteiger partial charge in [0.1, 0.15) is 17.8 Å². The second kappa shape index (κ2) is 6.55. The zero-order valence-corrected chi connectivity index (χ0v) is 13.4. The van der Waals surface area contributed by atoms with Crippen LogP contribution in [0.25, 0.3) is 11.3 Å². The first-order chi connectivity index (χ1) is 12.0. The van der Waals surface area contributed by atoms with Crippen LogP contribution in [-0.2, 0) is 22.6 Å². The van der Waals surface area contributed by atoms with Crippen LogP contribution in [0.2, 0.25) is 0 Å². The van der Waals surface area contributed by atoms with E-state index in [1.165, 1.54) is 24.1 Å². The number of carbonyl (C=O) groups excluding carboxylic acids is 2. The van der Waals surface area contributed by atoms with E-state index in [1.807, 2.05) is 0 Å². The van der Waals surface area contributed by atoms with E-state index in [0.717, 1.165) is 0 Å². The van der Waals surface area contributed by atoms with Crippen molar-refractivity contribution in [3.63, 3.8) is 0 Å². The van der Waals surface area contributed by atoms with Gasteiger partial charge in [-0.05, 0) is 6.92 Å². The van der Waals surface area contributed by atoms with E-state index in [2.05, 4.69) is 30.4 Å². The van der Waals surface area contributed by atoms with E-state index < -0.39 is 11.5 Å². The topological polar surface area (TPSA) is 145 Å². The number of rotatable bonds is 5. The van der Waals surface area contributed by atoms with Gasteiger partial charge in [-0.25, -0.2) is 9.89 Å². The average Bonchev–Trinajstić information content (AvgIpc) is 3.18. The summed E-state index contributed by atoms with van der Waals surface area (Å²) in [6.07, 6.45) is 2.83. The summed E-state index contributed by atoms with van der Waals surface area (Å²) in [5.74, 6) is -0.285. The van der Waals surface area contributed by atoms with Gasteiger partial charge in [0, 0.05) is 12.4 Å². The van der Waals surface area contributed by atoms with Crippen LogP contribution in [0.1, 0.15) is 22.1 Å². The minimum atomic E-state index is -0.660. The van der Waals surface area contributed by atoms with Crippen LogP contribution in [-0.4, -0.2) is 43.9 Å². The third kappa shape index (κ3) is 3.39. The van der Waals surface area contributed by atoms with E-state index >= 15 is 0 Å². The van der Waals surface area contributed by atoms with Gasteiger partial charge in [-0.2, -0.15) is 10.1 Å². The number of fused-ring (bicyclic) bond motifs is 1. The molecule has 0 aliphatic carbocycles. The van der Waals surface area contributed by atoms with Gasteiger partial charge >= 0.3 is 5.97 Å². The number of hydrogen-bond acceptors (Lipinski definition) is 8. The van der Waals surface area contributed by atoms with Crippen molar-refractivity contribution in [3.05, 3.63) is 40.0 Å². The van der Waals surface area contributed by atoms with E-state index in [9.17, 15) is 14.4 Å². The van der Waals surface area contributed by atoms with Crippen molar-refractivity contribution in [2.45, 2.75) is 20.0 Å². The Morgan fingerprint density at radius 2 is 2.20 bits per heavy atom. The smallest absolute Gasteiger partial charge is 0.341 e. The van der Waals surface area contributed by atoms with Gasteiger partial charge in [0.2, 0.25) is 11.8 Å². The van der Waals surface area contributed by atoms with Crippen molar-refractivity contribution < 1.29 is 18.8 Å². The molecule has 11 nitrogen and oxygen atoms in total. The van der Waals surface area contributed by atoms with Crippen LogP contribution in [0.15, 0.2) is 21.7 Å². The van der Waals surface area contributed by atoms with Crippen LogP contribution in [0.3, 0.4) is 0 Å². The lowest BCUT2D eigenvalue weighted by atomic mass is 10.1. The highest BCUT2D eigenvalue weighted by molar-refractivity contribution is 5.96. The average molecular weight is 346 g/mol. The molecule has 3 rings (SSSR count). The van der Waals surface area contributed by atoms with Gasteiger partial charge in [0.15, 0.2) is 5.82 Å². The van der Waals surface area contributed by atoms with Crippen molar-refractivity contribution in [2.24, 2.45) is 0 Å². The maximum atomic E-state index is 12.1. The molecule has 3 heterocycles. The predicted molar refractivity (Wildman–Crippen MR) is 81.7 cm³/mol. The summed E-state index contributed by atoms with van der Waals surface area (Å²) < 4.78 is 11.0. The van der Waals surface area contributed by atoms with Crippen LogP contribution < -0.4 is 10.9 Å². The quantitative estimate of drug-likeness (QED) is 0.586. The number of hydrogen-bond donors (Lipinski definition) is 2. The lowest BCUT2D eigenvalue weighted by molar-refractivity contribution is -0.121. The van der Waals surface area contributed by atoms with Gasteiger partial charge in [-0.3, -0.25) is 9.59 Å². The molecule has 2 N–H and O–H groups in total. The van der Waals surface area contributed by atoms with Gasteiger partial charge in [-0.1, -0.05) is 5.16 Å². The second-order valence-corrected chi connectivity index (χ2v) is 5.16. The molecule has 25 heavy (non-hydrogen) atoms. The van der Waals surface area contributed by atoms with Gasteiger partial charge < -0.3 is 19.1 Å². The van der Waals surface area contributed by atoms with Crippen molar-refractivity contribution >= 4 is 11.9 Å². The van der Waals surface area contributed by atoms with Crippen molar-refractivity contribution in [3.8, 4) is 11.3 Å². The van der Waals surface area contributed by atoms with E-state index in [1.54, 1.807) is 6.92 Å². The molecule has 0 aromatic carbocycles.